The van der Waals surface area contributed by atoms with Crippen LogP contribution in [0, 0.1) is 0 Å². The Kier molecular flexibility index (Phi) is 4.25. The van der Waals surface area contributed by atoms with Crippen LogP contribution in [-0.4, -0.2) is 26.8 Å². The number of sulfonamides is 1. The third kappa shape index (κ3) is 3.05. The van der Waals surface area contributed by atoms with Gasteiger partial charge in [-0.3, -0.25) is 0 Å². The smallest absolute Gasteiger partial charge is 0.294 e. The van der Waals surface area contributed by atoms with E-state index in [4.69, 9.17) is 4.74 Å². The molecule has 0 saturated heterocycles. The number of carbonyl (C=O) groups excluding carboxylic acids is 1. The fourth-order valence-electron chi connectivity index (χ4n) is 1.08. The van der Waals surface area contributed by atoms with Crippen molar-refractivity contribution in [2.75, 3.05) is 7.11 Å². The molecule has 0 aliphatic rings. The Labute approximate surface area is 103 Å². The van der Waals surface area contributed by atoms with Crippen molar-refractivity contribution in [1.82, 2.24) is 0 Å². The van der Waals surface area contributed by atoms with Gasteiger partial charge in [0.15, 0.2) is 0 Å². The number of nitrogens with zero attached hydrogens (tertiary/aromatic N) is 2. The number of isothiocyanates is 1. The molecule has 0 saturated carbocycles. The molecule has 0 unspecified atom stereocenters. The van der Waals surface area contributed by atoms with Crippen molar-refractivity contribution >= 4 is 39.2 Å². The minimum absolute atomic E-state index is 0.00153. The second kappa shape index (κ2) is 5.47. The molecule has 17 heavy (non-hydrogen) atoms. The minimum Gasteiger partial charge on any atom is -0.497 e. The minimum atomic E-state index is -4.12. The summed E-state index contributed by atoms with van der Waals surface area (Å²) in [6, 6.07) is 3.95. The lowest BCUT2D eigenvalue weighted by Gasteiger charge is -2.04. The molecule has 0 aromatic heterocycles. The summed E-state index contributed by atoms with van der Waals surface area (Å²) in [6.45, 7) is 0. The molecule has 1 aromatic rings. The van der Waals surface area contributed by atoms with Gasteiger partial charge in [-0.15, -0.1) is 0 Å². The fraction of sp³-hybridized carbons (Fsp3) is 0.111. The van der Waals surface area contributed by atoms with Crippen molar-refractivity contribution in [3.8, 4) is 5.75 Å². The molecule has 0 N–H and O–H groups in total. The molecule has 0 atom stereocenters. The van der Waals surface area contributed by atoms with E-state index in [0.29, 0.717) is 5.75 Å². The maximum Gasteiger partial charge on any atom is 0.294 e. The summed E-state index contributed by atoms with van der Waals surface area (Å²) in [4.78, 5) is 13.3. The zero-order valence-corrected chi connectivity index (χ0v) is 10.2. The lowest BCUT2D eigenvalue weighted by Crippen LogP contribution is -1.97. The Morgan fingerprint density at radius 1 is 1.41 bits per heavy atom. The first-order valence-corrected chi connectivity index (χ1v) is 6.00. The van der Waals surface area contributed by atoms with Gasteiger partial charge in [0.1, 0.15) is 10.6 Å². The number of thiocarbonyl (C=S) groups is 1. The lowest BCUT2D eigenvalue weighted by atomic mass is 10.3. The van der Waals surface area contributed by atoms with Crippen LogP contribution >= 0.6 is 12.2 Å². The standard InChI is InChI=1S/C9H6N2O4S2/c1-15-7-2-3-9(8(4-7)10-6-16)17(13,14)11-5-12/h2-4H,1H3. The summed E-state index contributed by atoms with van der Waals surface area (Å²) >= 11 is 4.40. The van der Waals surface area contributed by atoms with E-state index in [1.54, 1.807) is 0 Å². The predicted molar refractivity (Wildman–Crippen MR) is 63.0 cm³/mol. The highest BCUT2D eigenvalue weighted by Gasteiger charge is 2.18. The summed E-state index contributed by atoms with van der Waals surface area (Å²) in [6.07, 6.45) is 0.972. The number of rotatable bonds is 4. The Bertz CT molecular complexity index is 626. The third-order valence-corrected chi connectivity index (χ3v) is 3.07. The highest BCUT2D eigenvalue weighted by atomic mass is 32.2. The van der Waals surface area contributed by atoms with E-state index in [2.05, 4.69) is 21.6 Å². The molecular weight excluding hydrogens is 264 g/mol. The van der Waals surface area contributed by atoms with Crippen LogP contribution in [0.25, 0.3) is 0 Å². The SMILES string of the molecule is COc1ccc(S(=O)(=O)N=C=O)c(N=C=S)c1. The Morgan fingerprint density at radius 3 is 2.65 bits per heavy atom. The van der Waals surface area contributed by atoms with Crippen LogP contribution in [0.5, 0.6) is 5.75 Å². The molecule has 1 rings (SSSR count). The number of benzene rings is 1. The average Bonchev–Trinajstić information content (AvgIpc) is 2.29. The monoisotopic (exact) mass is 270 g/mol. The molecule has 0 spiro atoms. The molecule has 1 aromatic carbocycles. The van der Waals surface area contributed by atoms with E-state index >= 15 is 0 Å². The first-order chi connectivity index (χ1) is 8.05. The van der Waals surface area contributed by atoms with Crippen LogP contribution in [0.2, 0.25) is 0 Å². The Hall–Kier alpha value is -1.85. The number of ether oxygens (including phenoxy) is 1. The molecule has 0 bridgehead atoms. The number of hydrogen-bond donors (Lipinski definition) is 0. The van der Waals surface area contributed by atoms with Crippen LogP contribution in [0.4, 0.5) is 5.69 Å². The molecule has 88 valence electrons. The molecule has 0 radical (unpaired) electrons. The molecule has 0 fully saturated rings. The van der Waals surface area contributed by atoms with Crippen molar-refractivity contribution in [2.45, 2.75) is 4.90 Å². The molecule has 0 amide bonds. The van der Waals surface area contributed by atoms with E-state index in [1.165, 1.54) is 25.3 Å². The second-order valence-electron chi connectivity index (χ2n) is 2.69. The molecule has 0 aliphatic carbocycles. The zero-order chi connectivity index (χ0) is 12.9. The van der Waals surface area contributed by atoms with E-state index < -0.39 is 10.0 Å². The summed E-state index contributed by atoms with van der Waals surface area (Å²) in [5.74, 6) is 0.392. The maximum atomic E-state index is 11.5. The van der Waals surface area contributed by atoms with Gasteiger partial charge in [-0.2, -0.15) is 13.4 Å². The molecule has 0 heterocycles. The van der Waals surface area contributed by atoms with Gasteiger partial charge >= 0.3 is 0 Å². The average molecular weight is 270 g/mol. The molecule has 6 nitrogen and oxygen atoms in total. The van der Waals surface area contributed by atoms with Crippen molar-refractivity contribution in [3.63, 3.8) is 0 Å². The van der Waals surface area contributed by atoms with Crippen LogP contribution in [0.1, 0.15) is 0 Å². The summed E-state index contributed by atoms with van der Waals surface area (Å²) in [7, 11) is -2.71. The van der Waals surface area contributed by atoms with Gasteiger partial charge in [0, 0.05) is 6.07 Å². The number of methoxy groups -OCH3 is 1. The van der Waals surface area contributed by atoms with Gasteiger partial charge in [0.25, 0.3) is 16.1 Å². The second-order valence-corrected chi connectivity index (χ2v) is 4.45. The lowest BCUT2D eigenvalue weighted by molar-refractivity contribution is 0.414. The zero-order valence-electron chi connectivity index (χ0n) is 8.58. The van der Waals surface area contributed by atoms with Crippen molar-refractivity contribution in [3.05, 3.63) is 18.2 Å². The van der Waals surface area contributed by atoms with Gasteiger partial charge in [0.05, 0.1) is 18.0 Å². The number of hydrogen-bond acceptors (Lipinski definition) is 6. The van der Waals surface area contributed by atoms with Crippen LogP contribution in [0.15, 0.2) is 32.5 Å². The largest absolute Gasteiger partial charge is 0.497 e. The van der Waals surface area contributed by atoms with Crippen molar-refractivity contribution < 1.29 is 17.9 Å². The number of aliphatic imine (C=N–C) groups is 1. The van der Waals surface area contributed by atoms with E-state index in [-0.39, 0.29) is 10.6 Å². The molecular formula is C9H6N2O4S2. The summed E-state index contributed by atoms with van der Waals surface area (Å²) in [5.41, 5.74) is -0.00153. The van der Waals surface area contributed by atoms with Gasteiger partial charge in [-0.25, -0.2) is 4.79 Å². The normalized spacial score (nSPS) is 9.94. The fourth-order valence-corrected chi connectivity index (χ4v) is 1.98. The Balaban J connectivity index is 3.54. The Morgan fingerprint density at radius 2 is 2.12 bits per heavy atom. The first kappa shape index (κ1) is 13.2. The van der Waals surface area contributed by atoms with Crippen LogP contribution in [0.3, 0.4) is 0 Å². The predicted octanol–water partition coefficient (Wildman–Crippen LogP) is 1.45. The topological polar surface area (TPSA) is 85.2 Å². The van der Waals surface area contributed by atoms with Gasteiger partial charge < -0.3 is 4.74 Å². The van der Waals surface area contributed by atoms with E-state index in [0.717, 1.165) is 6.08 Å². The maximum absolute atomic E-state index is 11.5. The summed E-state index contributed by atoms with van der Waals surface area (Å²) in [5, 5.41) is 2.04. The van der Waals surface area contributed by atoms with Gasteiger partial charge in [0.2, 0.25) is 0 Å². The summed E-state index contributed by atoms with van der Waals surface area (Å²) < 4.78 is 30.7. The highest BCUT2D eigenvalue weighted by molar-refractivity contribution is 7.90. The van der Waals surface area contributed by atoms with Crippen LogP contribution in [-0.2, 0) is 14.8 Å². The van der Waals surface area contributed by atoms with Gasteiger partial charge in [-0.1, -0.05) is 4.40 Å². The number of isocyanates is 1. The molecule has 0 aliphatic heterocycles. The van der Waals surface area contributed by atoms with Crippen molar-refractivity contribution in [1.29, 1.82) is 0 Å². The van der Waals surface area contributed by atoms with Gasteiger partial charge in [-0.05, 0) is 24.4 Å². The molecule has 8 heteroatoms. The third-order valence-electron chi connectivity index (χ3n) is 1.77. The quantitative estimate of drug-likeness (QED) is 0.469. The first-order valence-electron chi connectivity index (χ1n) is 4.15. The van der Waals surface area contributed by atoms with Crippen molar-refractivity contribution in [2.24, 2.45) is 9.39 Å². The highest BCUT2D eigenvalue weighted by Crippen LogP contribution is 2.29. The van der Waals surface area contributed by atoms with Crippen LogP contribution < -0.4 is 4.74 Å². The van der Waals surface area contributed by atoms with E-state index in [9.17, 15) is 13.2 Å². The van der Waals surface area contributed by atoms with E-state index in [1.807, 2.05) is 5.16 Å².